The number of ether oxygens (including phenoxy) is 1. The largest absolute Gasteiger partial charge is 0.466 e. The molecule has 1 saturated carbocycles. The lowest BCUT2D eigenvalue weighted by molar-refractivity contribution is -0.149. The number of benzene rings is 1. The third-order valence-electron chi connectivity index (χ3n) is 4.35. The maximum Gasteiger partial charge on any atom is 0.311 e. The maximum absolute atomic E-state index is 12.5. The van der Waals surface area contributed by atoms with Gasteiger partial charge in [0.05, 0.1) is 12.5 Å². The summed E-state index contributed by atoms with van der Waals surface area (Å²) < 4.78 is 5.20. The molecule has 1 N–H and O–H groups in total. The van der Waals surface area contributed by atoms with E-state index in [9.17, 15) is 9.59 Å². The van der Waals surface area contributed by atoms with Gasteiger partial charge >= 0.3 is 5.97 Å². The van der Waals surface area contributed by atoms with Crippen LogP contribution >= 0.6 is 0 Å². The van der Waals surface area contributed by atoms with Crippen LogP contribution in [0.5, 0.6) is 0 Å². The van der Waals surface area contributed by atoms with E-state index >= 15 is 0 Å². The minimum atomic E-state index is -0.428. The average Bonchev–Trinajstić information content (AvgIpc) is 2.93. The number of rotatable bonds is 6. The Hall–Kier alpha value is -2.36. The number of nitrogens with one attached hydrogen (secondary N) is 1. The summed E-state index contributed by atoms with van der Waals surface area (Å²) in [5.41, 5.74) is 0.569. The monoisotopic (exact) mass is 313 g/mol. The molecule has 1 aliphatic rings. The second-order valence-electron chi connectivity index (χ2n) is 5.68. The Morgan fingerprint density at radius 3 is 2.43 bits per heavy atom. The van der Waals surface area contributed by atoms with Crippen LogP contribution in [0.25, 0.3) is 0 Å². The molecule has 0 saturated heterocycles. The lowest BCUT2D eigenvalue weighted by Gasteiger charge is -2.24. The van der Waals surface area contributed by atoms with Gasteiger partial charge in [-0.15, -0.1) is 13.2 Å². The van der Waals surface area contributed by atoms with E-state index in [0.717, 1.165) is 6.42 Å². The SMILES string of the molecule is C=C[C@@H]1C[C@H](C=C)[C@H](NC(=O)c2ccccc2)[C@@H]1C(=O)OCC. The summed E-state index contributed by atoms with van der Waals surface area (Å²) in [5, 5.41) is 2.99. The van der Waals surface area contributed by atoms with E-state index in [4.69, 9.17) is 4.74 Å². The van der Waals surface area contributed by atoms with Crippen LogP contribution < -0.4 is 5.32 Å². The molecule has 1 aliphatic carbocycles. The predicted octanol–water partition coefficient (Wildman–Crippen LogP) is 2.97. The number of esters is 1. The molecule has 0 radical (unpaired) electrons. The molecule has 1 aromatic carbocycles. The first-order valence-corrected chi connectivity index (χ1v) is 7.90. The minimum absolute atomic E-state index is 0.0140. The summed E-state index contributed by atoms with van der Waals surface area (Å²) in [6.07, 6.45) is 4.30. The highest BCUT2D eigenvalue weighted by molar-refractivity contribution is 5.94. The van der Waals surface area contributed by atoms with Gasteiger partial charge in [-0.3, -0.25) is 9.59 Å². The lowest BCUT2D eigenvalue weighted by atomic mass is 9.92. The van der Waals surface area contributed by atoms with Crippen LogP contribution in [-0.2, 0) is 9.53 Å². The molecular weight excluding hydrogens is 290 g/mol. The van der Waals surface area contributed by atoms with Gasteiger partial charge in [0.25, 0.3) is 5.91 Å². The predicted molar refractivity (Wildman–Crippen MR) is 89.8 cm³/mol. The smallest absolute Gasteiger partial charge is 0.311 e. The van der Waals surface area contributed by atoms with Crippen molar-refractivity contribution in [3.63, 3.8) is 0 Å². The fourth-order valence-electron chi connectivity index (χ4n) is 3.21. The molecule has 23 heavy (non-hydrogen) atoms. The van der Waals surface area contributed by atoms with E-state index in [-0.39, 0.29) is 29.8 Å². The second-order valence-corrected chi connectivity index (χ2v) is 5.68. The third kappa shape index (κ3) is 3.70. The summed E-state index contributed by atoms with van der Waals surface area (Å²) in [5.74, 6) is -0.928. The number of hydrogen-bond donors (Lipinski definition) is 1. The Balaban J connectivity index is 2.23. The van der Waals surface area contributed by atoms with Gasteiger partial charge in [-0.05, 0) is 37.3 Å². The minimum Gasteiger partial charge on any atom is -0.466 e. The molecule has 4 heteroatoms. The second kappa shape index (κ2) is 7.77. The lowest BCUT2D eigenvalue weighted by Crippen LogP contribution is -2.45. The molecule has 0 bridgehead atoms. The van der Waals surface area contributed by atoms with Gasteiger partial charge in [0, 0.05) is 11.6 Å². The first kappa shape index (κ1) is 17.0. The molecule has 0 aliphatic heterocycles. The van der Waals surface area contributed by atoms with Crippen LogP contribution in [0.2, 0.25) is 0 Å². The van der Waals surface area contributed by atoms with Gasteiger partial charge in [0.2, 0.25) is 0 Å². The van der Waals surface area contributed by atoms with Gasteiger partial charge in [0.1, 0.15) is 0 Å². The summed E-state index contributed by atoms with van der Waals surface area (Å²) in [4.78, 5) is 24.8. The van der Waals surface area contributed by atoms with Crippen LogP contribution in [0.15, 0.2) is 55.6 Å². The first-order chi connectivity index (χ1) is 11.1. The van der Waals surface area contributed by atoms with Crippen molar-refractivity contribution in [3.8, 4) is 0 Å². The molecule has 1 fully saturated rings. The quantitative estimate of drug-likeness (QED) is 0.649. The van der Waals surface area contributed by atoms with Crippen LogP contribution in [0, 0.1) is 17.8 Å². The molecule has 0 unspecified atom stereocenters. The molecule has 4 atom stereocenters. The summed E-state index contributed by atoms with van der Waals surface area (Å²) in [6, 6.07) is 8.64. The van der Waals surface area contributed by atoms with Crippen LogP contribution in [0.4, 0.5) is 0 Å². The highest BCUT2D eigenvalue weighted by Gasteiger charge is 2.46. The van der Waals surface area contributed by atoms with Crippen molar-refractivity contribution in [1.29, 1.82) is 0 Å². The zero-order chi connectivity index (χ0) is 16.8. The van der Waals surface area contributed by atoms with E-state index in [2.05, 4.69) is 18.5 Å². The topological polar surface area (TPSA) is 55.4 Å². The number of carbonyl (C=O) groups excluding carboxylic acids is 2. The van der Waals surface area contributed by atoms with Crippen molar-refractivity contribution in [1.82, 2.24) is 5.32 Å². The van der Waals surface area contributed by atoms with Crippen molar-refractivity contribution in [2.75, 3.05) is 6.61 Å². The van der Waals surface area contributed by atoms with E-state index in [1.807, 2.05) is 18.2 Å². The zero-order valence-corrected chi connectivity index (χ0v) is 13.4. The highest BCUT2D eigenvalue weighted by atomic mass is 16.5. The molecule has 4 nitrogen and oxygen atoms in total. The van der Waals surface area contributed by atoms with Crippen LogP contribution in [-0.4, -0.2) is 24.5 Å². The van der Waals surface area contributed by atoms with Gasteiger partial charge in [-0.25, -0.2) is 0 Å². The molecule has 2 rings (SSSR count). The third-order valence-corrected chi connectivity index (χ3v) is 4.35. The van der Waals surface area contributed by atoms with Gasteiger partial charge < -0.3 is 10.1 Å². The Kier molecular flexibility index (Phi) is 5.74. The number of carbonyl (C=O) groups is 2. The molecule has 122 valence electrons. The summed E-state index contributed by atoms with van der Waals surface area (Å²) >= 11 is 0. The molecule has 0 spiro atoms. The summed E-state index contributed by atoms with van der Waals surface area (Å²) in [6.45, 7) is 9.76. The Bertz CT molecular complexity index is 582. The van der Waals surface area contributed by atoms with E-state index in [1.54, 1.807) is 31.2 Å². The van der Waals surface area contributed by atoms with Gasteiger partial charge in [0.15, 0.2) is 0 Å². The van der Waals surface area contributed by atoms with Gasteiger partial charge in [-0.1, -0.05) is 30.4 Å². The van der Waals surface area contributed by atoms with E-state index in [1.165, 1.54) is 0 Å². The highest BCUT2D eigenvalue weighted by Crippen LogP contribution is 2.39. The molecule has 0 heterocycles. The fraction of sp³-hybridized carbons (Fsp3) is 0.368. The normalized spacial score (nSPS) is 26.3. The number of hydrogen-bond acceptors (Lipinski definition) is 3. The van der Waals surface area contributed by atoms with Crippen molar-refractivity contribution < 1.29 is 14.3 Å². The zero-order valence-electron chi connectivity index (χ0n) is 13.4. The van der Waals surface area contributed by atoms with Crippen LogP contribution in [0.3, 0.4) is 0 Å². The van der Waals surface area contributed by atoms with E-state index in [0.29, 0.717) is 12.2 Å². The average molecular weight is 313 g/mol. The van der Waals surface area contributed by atoms with E-state index < -0.39 is 5.92 Å². The standard InChI is InChI=1S/C19H23NO3/c1-4-13-12-14(5-2)17(16(13)19(22)23-6-3)20-18(21)15-10-8-7-9-11-15/h4-5,7-11,13-14,16-17H,1-2,6,12H2,3H3,(H,20,21)/t13-,14+,16-,17+/m1/s1. The van der Waals surface area contributed by atoms with Crippen molar-refractivity contribution in [3.05, 3.63) is 61.2 Å². The van der Waals surface area contributed by atoms with Crippen LogP contribution in [0.1, 0.15) is 23.7 Å². The Morgan fingerprint density at radius 1 is 1.22 bits per heavy atom. The number of amides is 1. The molecule has 0 aromatic heterocycles. The Morgan fingerprint density at radius 2 is 1.87 bits per heavy atom. The fourth-order valence-corrected chi connectivity index (χ4v) is 3.21. The molecule has 1 amide bonds. The van der Waals surface area contributed by atoms with Crippen molar-refractivity contribution in [2.45, 2.75) is 19.4 Å². The summed E-state index contributed by atoms with van der Waals surface area (Å²) in [7, 11) is 0. The van der Waals surface area contributed by atoms with Gasteiger partial charge in [-0.2, -0.15) is 0 Å². The maximum atomic E-state index is 12.5. The Labute approximate surface area is 137 Å². The van der Waals surface area contributed by atoms with Crippen molar-refractivity contribution >= 4 is 11.9 Å². The molecule has 1 aromatic rings. The van der Waals surface area contributed by atoms with Crippen molar-refractivity contribution in [2.24, 2.45) is 17.8 Å². The molecular formula is C19H23NO3. The first-order valence-electron chi connectivity index (χ1n) is 7.90. The number of allylic oxidation sites excluding steroid dienone is 1.